The molecule has 1 N–H and O–H groups in total. The Bertz CT molecular complexity index is 422. The first-order valence-corrected chi connectivity index (χ1v) is 6.06. The van der Waals surface area contributed by atoms with Gasteiger partial charge in [-0.2, -0.15) is 0 Å². The number of hydrogen-bond acceptors (Lipinski definition) is 4. The van der Waals surface area contributed by atoms with Crippen molar-refractivity contribution < 1.29 is 14.3 Å². The van der Waals surface area contributed by atoms with Gasteiger partial charge in [0.25, 0.3) is 5.91 Å². The highest BCUT2D eigenvalue weighted by atomic mass is 16.5. The molecule has 0 spiro atoms. The van der Waals surface area contributed by atoms with Crippen LogP contribution in [0.2, 0.25) is 0 Å². The fourth-order valence-corrected chi connectivity index (χ4v) is 2.02. The molecule has 98 valence electrons. The van der Waals surface area contributed by atoms with Crippen LogP contribution >= 0.6 is 0 Å². The van der Waals surface area contributed by atoms with Crippen LogP contribution in [0, 0.1) is 6.92 Å². The van der Waals surface area contributed by atoms with Crippen molar-refractivity contribution in [1.82, 2.24) is 10.3 Å². The fourth-order valence-electron chi connectivity index (χ4n) is 2.02. The summed E-state index contributed by atoms with van der Waals surface area (Å²) < 4.78 is 10.6. The van der Waals surface area contributed by atoms with Gasteiger partial charge in [0.05, 0.1) is 12.6 Å². The summed E-state index contributed by atoms with van der Waals surface area (Å²) >= 11 is 0. The third-order valence-electron chi connectivity index (χ3n) is 3.04. The second kappa shape index (κ2) is 5.93. The molecular formula is C13H18N2O3. The van der Waals surface area contributed by atoms with Gasteiger partial charge < -0.3 is 14.8 Å². The predicted octanol–water partition coefficient (Wildman–Crippen LogP) is 0.924. The van der Waals surface area contributed by atoms with Crippen molar-refractivity contribution in [2.24, 2.45) is 0 Å². The minimum Gasteiger partial charge on any atom is -0.379 e. The first-order valence-electron chi connectivity index (χ1n) is 6.06. The van der Waals surface area contributed by atoms with Gasteiger partial charge in [-0.05, 0) is 25.5 Å². The Morgan fingerprint density at radius 1 is 1.56 bits per heavy atom. The standard InChI is InChI=1S/C13H18N2O3/c1-9-4-3-5-11(14-9)13(16)15-10-6-7-18-8-12(10)17-2/h3-5,10,12H,6-8H2,1-2H3,(H,15,16)/t10-,12-/m1/s1. The van der Waals surface area contributed by atoms with Crippen LogP contribution in [0.25, 0.3) is 0 Å². The topological polar surface area (TPSA) is 60.5 Å². The molecule has 5 heteroatoms. The van der Waals surface area contributed by atoms with E-state index in [9.17, 15) is 4.79 Å². The number of aromatic nitrogens is 1. The van der Waals surface area contributed by atoms with Crippen LogP contribution in [0.4, 0.5) is 0 Å². The van der Waals surface area contributed by atoms with Crippen molar-refractivity contribution in [3.8, 4) is 0 Å². The number of pyridine rings is 1. The molecule has 1 fully saturated rings. The minimum absolute atomic E-state index is 0.0152. The maximum atomic E-state index is 12.1. The third kappa shape index (κ3) is 3.05. The molecule has 0 bridgehead atoms. The SMILES string of the molecule is CO[C@@H]1COCC[C@H]1NC(=O)c1cccc(C)n1. The lowest BCUT2D eigenvalue weighted by atomic mass is 10.1. The molecule has 0 aromatic carbocycles. The summed E-state index contributed by atoms with van der Waals surface area (Å²) in [5.41, 5.74) is 1.27. The van der Waals surface area contributed by atoms with Crippen LogP contribution < -0.4 is 5.32 Å². The maximum Gasteiger partial charge on any atom is 0.270 e. The molecule has 1 aliphatic rings. The molecule has 2 rings (SSSR count). The lowest BCUT2D eigenvalue weighted by molar-refractivity contribution is -0.0479. The van der Waals surface area contributed by atoms with Crippen molar-refractivity contribution >= 4 is 5.91 Å². The summed E-state index contributed by atoms with van der Waals surface area (Å²) in [5.74, 6) is -0.160. The Morgan fingerprint density at radius 3 is 3.11 bits per heavy atom. The van der Waals surface area contributed by atoms with Gasteiger partial charge in [-0.1, -0.05) is 6.07 Å². The van der Waals surface area contributed by atoms with Gasteiger partial charge in [0.15, 0.2) is 0 Å². The zero-order chi connectivity index (χ0) is 13.0. The van der Waals surface area contributed by atoms with Crippen molar-refractivity contribution in [3.05, 3.63) is 29.6 Å². The summed E-state index contributed by atoms with van der Waals surface area (Å²) in [6.07, 6.45) is 0.670. The van der Waals surface area contributed by atoms with Crippen LogP contribution in [-0.4, -0.2) is 43.4 Å². The largest absolute Gasteiger partial charge is 0.379 e. The van der Waals surface area contributed by atoms with E-state index in [1.807, 2.05) is 19.1 Å². The zero-order valence-electron chi connectivity index (χ0n) is 10.7. The number of aryl methyl sites for hydroxylation is 1. The number of hydrogen-bond donors (Lipinski definition) is 1. The highest BCUT2D eigenvalue weighted by Crippen LogP contribution is 2.11. The van der Waals surface area contributed by atoms with Crippen LogP contribution in [0.3, 0.4) is 0 Å². The van der Waals surface area contributed by atoms with Gasteiger partial charge in [0, 0.05) is 19.4 Å². The van der Waals surface area contributed by atoms with Gasteiger partial charge in [-0.3, -0.25) is 4.79 Å². The second-order valence-electron chi connectivity index (χ2n) is 4.38. The van der Waals surface area contributed by atoms with Gasteiger partial charge >= 0.3 is 0 Å². The zero-order valence-corrected chi connectivity index (χ0v) is 10.7. The van der Waals surface area contributed by atoms with E-state index in [0.717, 1.165) is 12.1 Å². The van der Waals surface area contributed by atoms with E-state index >= 15 is 0 Å². The number of nitrogens with one attached hydrogen (secondary N) is 1. The van der Waals surface area contributed by atoms with Crippen LogP contribution in [-0.2, 0) is 9.47 Å². The van der Waals surface area contributed by atoms with E-state index in [4.69, 9.17) is 9.47 Å². The van der Waals surface area contributed by atoms with Gasteiger partial charge in [-0.25, -0.2) is 4.98 Å². The van der Waals surface area contributed by atoms with E-state index in [-0.39, 0.29) is 18.1 Å². The Hall–Kier alpha value is -1.46. The Labute approximate surface area is 107 Å². The first-order chi connectivity index (χ1) is 8.70. The van der Waals surface area contributed by atoms with Gasteiger partial charge in [0.1, 0.15) is 11.8 Å². The van der Waals surface area contributed by atoms with Crippen LogP contribution in [0.1, 0.15) is 22.6 Å². The van der Waals surface area contributed by atoms with Gasteiger partial charge in [-0.15, -0.1) is 0 Å². The summed E-state index contributed by atoms with van der Waals surface area (Å²) in [6.45, 7) is 3.03. The van der Waals surface area contributed by atoms with Crippen molar-refractivity contribution in [2.75, 3.05) is 20.3 Å². The predicted molar refractivity (Wildman–Crippen MR) is 66.5 cm³/mol. The summed E-state index contributed by atoms with van der Waals surface area (Å²) in [4.78, 5) is 16.3. The molecule has 0 radical (unpaired) electrons. The smallest absolute Gasteiger partial charge is 0.270 e. The molecule has 0 saturated carbocycles. The fraction of sp³-hybridized carbons (Fsp3) is 0.538. The number of carbonyl (C=O) groups excluding carboxylic acids is 1. The van der Waals surface area contributed by atoms with E-state index in [0.29, 0.717) is 18.9 Å². The summed E-state index contributed by atoms with van der Waals surface area (Å²) in [7, 11) is 1.63. The minimum atomic E-state index is -0.160. The number of rotatable bonds is 3. The second-order valence-corrected chi connectivity index (χ2v) is 4.38. The Morgan fingerprint density at radius 2 is 2.39 bits per heavy atom. The van der Waals surface area contributed by atoms with E-state index in [2.05, 4.69) is 10.3 Å². The first kappa shape index (κ1) is 13.0. The number of nitrogens with zero attached hydrogens (tertiary/aromatic N) is 1. The third-order valence-corrected chi connectivity index (χ3v) is 3.04. The average molecular weight is 250 g/mol. The Balaban J connectivity index is 2.02. The molecule has 0 aliphatic carbocycles. The molecule has 2 atom stereocenters. The molecule has 1 aromatic rings. The average Bonchev–Trinajstić information content (AvgIpc) is 2.39. The van der Waals surface area contributed by atoms with E-state index in [1.165, 1.54) is 0 Å². The highest BCUT2D eigenvalue weighted by molar-refractivity contribution is 5.92. The van der Waals surface area contributed by atoms with Crippen molar-refractivity contribution in [2.45, 2.75) is 25.5 Å². The monoisotopic (exact) mass is 250 g/mol. The highest BCUT2D eigenvalue weighted by Gasteiger charge is 2.27. The number of ether oxygens (including phenoxy) is 2. The lowest BCUT2D eigenvalue weighted by Crippen LogP contribution is -2.49. The Kier molecular flexibility index (Phi) is 4.28. The van der Waals surface area contributed by atoms with E-state index < -0.39 is 0 Å². The number of amides is 1. The lowest BCUT2D eigenvalue weighted by Gasteiger charge is -2.30. The molecule has 1 amide bonds. The molecule has 18 heavy (non-hydrogen) atoms. The maximum absolute atomic E-state index is 12.1. The van der Waals surface area contributed by atoms with Crippen LogP contribution in [0.15, 0.2) is 18.2 Å². The van der Waals surface area contributed by atoms with Crippen molar-refractivity contribution in [1.29, 1.82) is 0 Å². The molecular weight excluding hydrogens is 232 g/mol. The summed E-state index contributed by atoms with van der Waals surface area (Å²) in [5, 5.41) is 2.96. The quantitative estimate of drug-likeness (QED) is 0.866. The van der Waals surface area contributed by atoms with E-state index in [1.54, 1.807) is 13.2 Å². The van der Waals surface area contributed by atoms with Crippen LogP contribution in [0.5, 0.6) is 0 Å². The number of carbonyl (C=O) groups is 1. The van der Waals surface area contributed by atoms with Gasteiger partial charge in [0.2, 0.25) is 0 Å². The van der Waals surface area contributed by atoms with Crippen molar-refractivity contribution in [3.63, 3.8) is 0 Å². The summed E-state index contributed by atoms with van der Waals surface area (Å²) in [6, 6.07) is 5.39. The molecule has 1 aliphatic heterocycles. The molecule has 1 aromatic heterocycles. The molecule has 5 nitrogen and oxygen atoms in total. The molecule has 0 unspecified atom stereocenters. The number of methoxy groups -OCH3 is 1. The normalized spacial score (nSPS) is 23.7. The molecule has 2 heterocycles. The molecule has 1 saturated heterocycles.